The Morgan fingerprint density at radius 3 is 1.00 bits per heavy atom. The van der Waals surface area contributed by atoms with Crippen molar-refractivity contribution in [2.24, 2.45) is 0 Å². The first kappa shape index (κ1) is 37.4. The SMILES string of the molecule is CCCCCCCCCCCCCC1=CC(=O)N(c2ccccc2N2C(=O)C=C(CCCCCCCCCCCCC)C2=O)C1=O. The molecule has 0 saturated carbocycles. The van der Waals surface area contributed by atoms with Crippen molar-refractivity contribution < 1.29 is 19.2 Å². The summed E-state index contributed by atoms with van der Waals surface area (Å²) in [5.41, 5.74) is 1.58. The van der Waals surface area contributed by atoms with E-state index >= 15 is 0 Å². The fraction of sp³-hybridized carbons (Fsp3) is 0.650. The minimum atomic E-state index is -0.413. The number of rotatable bonds is 26. The molecule has 2 aliphatic heterocycles. The first-order valence-corrected chi connectivity index (χ1v) is 18.8. The summed E-state index contributed by atoms with van der Waals surface area (Å²) in [6.45, 7) is 4.49. The van der Waals surface area contributed by atoms with E-state index in [1.54, 1.807) is 24.3 Å². The van der Waals surface area contributed by atoms with Gasteiger partial charge in [-0.25, -0.2) is 9.80 Å². The molecule has 0 unspecified atom stereocenters. The van der Waals surface area contributed by atoms with Crippen molar-refractivity contribution in [3.05, 3.63) is 47.6 Å². The zero-order valence-corrected chi connectivity index (χ0v) is 29.0. The molecule has 0 radical (unpaired) electrons. The molecule has 2 aliphatic rings. The smallest absolute Gasteiger partial charge is 0.261 e. The Morgan fingerprint density at radius 2 is 0.696 bits per heavy atom. The summed E-state index contributed by atoms with van der Waals surface area (Å²) in [6.07, 6.45) is 30.9. The van der Waals surface area contributed by atoms with Gasteiger partial charge in [0, 0.05) is 23.3 Å². The average molecular weight is 633 g/mol. The highest BCUT2D eigenvalue weighted by Gasteiger charge is 2.38. The highest BCUT2D eigenvalue weighted by Crippen LogP contribution is 2.36. The van der Waals surface area contributed by atoms with Crippen molar-refractivity contribution in [2.75, 3.05) is 9.80 Å². The number of hydrogen-bond acceptors (Lipinski definition) is 4. The number of unbranched alkanes of at least 4 members (excludes halogenated alkanes) is 20. The molecule has 3 rings (SSSR count). The number of carbonyl (C=O) groups is 4. The highest BCUT2D eigenvalue weighted by molar-refractivity contribution is 6.35. The molecule has 1 aromatic rings. The van der Waals surface area contributed by atoms with E-state index < -0.39 is 11.8 Å². The highest BCUT2D eigenvalue weighted by atomic mass is 16.2. The Morgan fingerprint density at radius 1 is 0.413 bits per heavy atom. The molecule has 2 heterocycles. The fourth-order valence-electron chi connectivity index (χ4n) is 6.65. The van der Waals surface area contributed by atoms with Gasteiger partial charge in [0.2, 0.25) is 0 Å². The first-order chi connectivity index (χ1) is 22.5. The third-order valence-electron chi connectivity index (χ3n) is 9.45. The van der Waals surface area contributed by atoms with Crippen molar-refractivity contribution in [3.8, 4) is 0 Å². The second-order valence-electron chi connectivity index (χ2n) is 13.4. The van der Waals surface area contributed by atoms with Crippen molar-refractivity contribution >= 4 is 35.0 Å². The van der Waals surface area contributed by atoms with Gasteiger partial charge in [-0.05, 0) is 37.8 Å². The maximum Gasteiger partial charge on any atom is 0.261 e. The molecule has 0 N–H and O–H groups in total. The number of amides is 4. The van der Waals surface area contributed by atoms with Crippen LogP contribution in [0.2, 0.25) is 0 Å². The van der Waals surface area contributed by atoms with Crippen molar-refractivity contribution in [3.63, 3.8) is 0 Å². The minimum absolute atomic E-state index is 0.286. The molecule has 6 heteroatoms. The molecule has 254 valence electrons. The summed E-state index contributed by atoms with van der Waals surface area (Å²) in [6, 6.07) is 6.75. The van der Waals surface area contributed by atoms with E-state index in [0.717, 1.165) is 48.3 Å². The molecule has 0 fully saturated rings. The van der Waals surface area contributed by atoms with Crippen LogP contribution in [0.15, 0.2) is 47.6 Å². The molecule has 0 saturated heterocycles. The zero-order chi connectivity index (χ0) is 33.0. The Hall–Kier alpha value is -3.02. The lowest BCUT2D eigenvalue weighted by molar-refractivity contribution is -0.122. The van der Waals surface area contributed by atoms with Gasteiger partial charge in [-0.1, -0.05) is 154 Å². The van der Waals surface area contributed by atoms with Gasteiger partial charge in [-0.3, -0.25) is 19.2 Å². The summed E-state index contributed by atoms with van der Waals surface area (Å²) in [7, 11) is 0. The molecule has 0 aromatic heterocycles. The van der Waals surface area contributed by atoms with E-state index in [0.29, 0.717) is 24.0 Å². The Bertz CT molecular complexity index is 1090. The molecule has 1 aromatic carbocycles. The summed E-state index contributed by atoms with van der Waals surface area (Å²) in [4.78, 5) is 55.1. The van der Waals surface area contributed by atoms with Gasteiger partial charge in [-0.15, -0.1) is 0 Å². The third-order valence-corrected chi connectivity index (χ3v) is 9.45. The fourth-order valence-corrected chi connectivity index (χ4v) is 6.65. The summed E-state index contributed by atoms with van der Waals surface area (Å²) < 4.78 is 0. The van der Waals surface area contributed by atoms with E-state index in [1.165, 1.54) is 115 Å². The van der Waals surface area contributed by atoms with Gasteiger partial charge in [-0.2, -0.15) is 0 Å². The maximum atomic E-state index is 13.4. The molecule has 0 spiro atoms. The quantitative estimate of drug-likeness (QED) is 0.0752. The second kappa shape index (κ2) is 21.7. The lowest BCUT2D eigenvalue weighted by Gasteiger charge is -2.23. The van der Waals surface area contributed by atoms with Crippen LogP contribution in [0.25, 0.3) is 0 Å². The van der Waals surface area contributed by atoms with Crippen LogP contribution in [0.1, 0.15) is 168 Å². The van der Waals surface area contributed by atoms with Crippen LogP contribution in [0.3, 0.4) is 0 Å². The number of carbonyl (C=O) groups excluding carboxylic acids is 4. The first-order valence-electron chi connectivity index (χ1n) is 18.8. The van der Waals surface area contributed by atoms with Gasteiger partial charge in [0.05, 0.1) is 11.4 Å². The predicted molar refractivity (Wildman–Crippen MR) is 190 cm³/mol. The Kier molecular flexibility index (Phi) is 17.7. The largest absolute Gasteiger partial charge is 0.269 e. The summed E-state index contributed by atoms with van der Waals surface area (Å²) >= 11 is 0. The molecule has 0 aliphatic carbocycles. The topological polar surface area (TPSA) is 74.8 Å². The van der Waals surface area contributed by atoms with Crippen LogP contribution in [0.5, 0.6) is 0 Å². The molecule has 0 bridgehead atoms. The van der Waals surface area contributed by atoms with Crippen LogP contribution in [0, 0.1) is 0 Å². The Balaban J connectivity index is 1.42. The Labute approximate surface area is 279 Å². The normalized spacial score (nSPS) is 15.0. The van der Waals surface area contributed by atoms with E-state index in [1.807, 2.05) is 0 Å². The van der Waals surface area contributed by atoms with Crippen molar-refractivity contribution in [1.82, 2.24) is 0 Å². The summed E-state index contributed by atoms with van der Waals surface area (Å²) in [5, 5.41) is 0. The molecule has 46 heavy (non-hydrogen) atoms. The van der Waals surface area contributed by atoms with Crippen molar-refractivity contribution in [1.29, 1.82) is 0 Å². The minimum Gasteiger partial charge on any atom is -0.269 e. The van der Waals surface area contributed by atoms with Gasteiger partial charge >= 0.3 is 0 Å². The van der Waals surface area contributed by atoms with Gasteiger partial charge in [0.1, 0.15) is 0 Å². The molecule has 6 nitrogen and oxygen atoms in total. The van der Waals surface area contributed by atoms with Crippen molar-refractivity contribution in [2.45, 2.75) is 168 Å². The second-order valence-corrected chi connectivity index (χ2v) is 13.4. The zero-order valence-electron chi connectivity index (χ0n) is 29.0. The molecular formula is C40H60N2O4. The molecular weight excluding hydrogens is 572 g/mol. The van der Waals surface area contributed by atoms with E-state index in [4.69, 9.17) is 0 Å². The standard InChI is InChI=1S/C40H60N2O4/c1-3-5-7-9-11-13-15-17-19-21-23-27-33-31-37(43)41(39(33)45)35-29-25-26-30-36(35)42-38(44)32-34(40(42)46)28-24-22-20-18-16-14-12-10-8-6-4-2/h25-26,29-32H,3-24,27-28H2,1-2H3. The molecule has 0 atom stereocenters. The maximum absolute atomic E-state index is 13.4. The van der Waals surface area contributed by atoms with Crippen LogP contribution in [0.4, 0.5) is 11.4 Å². The van der Waals surface area contributed by atoms with Crippen LogP contribution in [-0.4, -0.2) is 23.6 Å². The van der Waals surface area contributed by atoms with Gasteiger partial charge < -0.3 is 0 Å². The van der Waals surface area contributed by atoms with E-state index in [2.05, 4.69) is 13.8 Å². The predicted octanol–water partition coefficient (Wildman–Crippen LogP) is 10.7. The van der Waals surface area contributed by atoms with Crippen LogP contribution < -0.4 is 9.80 Å². The van der Waals surface area contributed by atoms with Gasteiger partial charge in [0.25, 0.3) is 23.6 Å². The van der Waals surface area contributed by atoms with E-state index in [-0.39, 0.29) is 23.2 Å². The number of anilines is 2. The number of para-hydroxylation sites is 2. The average Bonchev–Trinajstić information content (AvgIpc) is 3.50. The van der Waals surface area contributed by atoms with Gasteiger partial charge in [0.15, 0.2) is 0 Å². The lowest BCUT2D eigenvalue weighted by atomic mass is 10.0. The lowest BCUT2D eigenvalue weighted by Crippen LogP contribution is -2.36. The monoisotopic (exact) mass is 632 g/mol. The summed E-state index contributed by atoms with van der Waals surface area (Å²) in [5.74, 6) is -1.52. The van der Waals surface area contributed by atoms with Crippen LogP contribution in [-0.2, 0) is 19.2 Å². The number of nitrogens with zero attached hydrogens (tertiary/aromatic N) is 2. The number of imide groups is 2. The third kappa shape index (κ3) is 12.0. The number of benzene rings is 1. The number of hydrogen-bond donors (Lipinski definition) is 0. The molecule has 4 amide bonds. The van der Waals surface area contributed by atoms with E-state index in [9.17, 15) is 19.2 Å². The van der Waals surface area contributed by atoms with Crippen LogP contribution >= 0.6 is 0 Å².